The second-order valence-corrected chi connectivity index (χ2v) is 1.18. The van der Waals surface area contributed by atoms with Gasteiger partial charge in [-0.15, -0.1) is 0 Å². The molecule has 1 aliphatic heterocycles. The predicted octanol–water partition coefficient (Wildman–Crippen LogP) is -0.164. The molecule has 0 aromatic carbocycles. The first-order valence-electron chi connectivity index (χ1n) is 1.81. The second-order valence-electron chi connectivity index (χ2n) is 1.18. The highest BCUT2D eigenvalue weighted by molar-refractivity contribution is 5.89. The van der Waals surface area contributed by atoms with Gasteiger partial charge in [-0.1, -0.05) is 0 Å². The van der Waals surface area contributed by atoms with Gasteiger partial charge in [0.25, 0.3) is 11.5 Å². The molecule has 1 rings (SSSR count). The topological polar surface area (TPSA) is 73.6 Å². The zero-order chi connectivity index (χ0) is 6.15. The number of carboxylic acid groups (broad SMARTS) is 1. The summed E-state index contributed by atoms with van der Waals surface area (Å²) < 4.78 is 4.20. The molecule has 4 heteroatoms. The van der Waals surface area contributed by atoms with E-state index in [0.717, 1.165) is 0 Å². The third-order valence-corrected chi connectivity index (χ3v) is 0.664. The smallest absolute Gasteiger partial charge is 0.376 e. The summed E-state index contributed by atoms with van der Waals surface area (Å²) in [5, 5.41) is 15.9. The molecule has 0 aromatic rings. The molecule has 4 nitrogen and oxygen atoms in total. The number of nitrogens with zero attached hydrogens (tertiary/aromatic N) is 1. The fourth-order valence-corrected chi connectivity index (χ4v) is 0.291. The van der Waals surface area contributed by atoms with E-state index in [9.17, 15) is 4.79 Å². The van der Waals surface area contributed by atoms with Crippen molar-refractivity contribution in [3.05, 3.63) is 11.5 Å². The number of hydrogen-bond donors (Lipinski definition) is 1. The van der Waals surface area contributed by atoms with Crippen molar-refractivity contribution >= 4 is 5.97 Å². The van der Waals surface area contributed by atoms with Crippen LogP contribution in [0.15, 0.2) is 11.5 Å². The van der Waals surface area contributed by atoms with Gasteiger partial charge in [0.1, 0.15) is 6.07 Å². The predicted molar refractivity (Wildman–Crippen MR) is 21.4 cm³/mol. The highest BCUT2D eigenvalue weighted by atomic mass is 16.6. The average Bonchev–Trinajstić information content (AvgIpc) is 2.42. The van der Waals surface area contributed by atoms with Crippen molar-refractivity contribution in [2.24, 2.45) is 0 Å². The van der Waals surface area contributed by atoms with E-state index in [-0.39, 0.29) is 11.5 Å². The Balaban J connectivity index is 2.71. The first-order valence-corrected chi connectivity index (χ1v) is 1.81. The van der Waals surface area contributed by atoms with Gasteiger partial charge in [0.15, 0.2) is 0 Å². The number of carbonyl (C=O) groups is 1. The van der Waals surface area contributed by atoms with Crippen LogP contribution in [0.1, 0.15) is 0 Å². The summed E-state index contributed by atoms with van der Waals surface area (Å²) in [6.45, 7) is 0. The third-order valence-electron chi connectivity index (χ3n) is 0.664. The largest absolute Gasteiger partial charge is 0.475 e. The van der Waals surface area contributed by atoms with Crippen molar-refractivity contribution in [3.8, 4) is 6.07 Å². The van der Waals surface area contributed by atoms with E-state index in [2.05, 4.69) is 4.74 Å². The van der Waals surface area contributed by atoms with E-state index in [1.54, 1.807) is 6.07 Å². The molecule has 0 amide bonds. The lowest BCUT2D eigenvalue weighted by Gasteiger charge is -1.68. The van der Waals surface area contributed by atoms with Crippen molar-refractivity contribution in [1.82, 2.24) is 0 Å². The lowest BCUT2D eigenvalue weighted by molar-refractivity contribution is -0.133. The van der Waals surface area contributed by atoms with Crippen LogP contribution in [0.3, 0.4) is 0 Å². The maximum Gasteiger partial charge on any atom is 0.376 e. The number of rotatable bonds is 1. The van der Waals surface area contributed by atoms with Crippen molar-refractivity contribution in [3.63, 3.8) is 0 Å². The van der Waals surface area contributed by atoms with E-state index in [4.69, 9.17) is 10.4 Å². The maximum absolute atomic E-state index is 9.80. The van der Waals surface area contributed by atoms with Gasteiger partial charge >= 0.3 is 5.97 Å². The Hall–Kier alpha value is -1.50. The molecule has 0 saturated heterocycles. The van der Waals surface area contributed by atoms with Gasteiger partial charge in [-0.05, 0) is 0 Å². The quantitative estimate of drug-likeness (QED) is 0.510. The number of nitriles is 1. The molecule has 0 radical (unpaired) electrons. The molecule has 0 saturated carbocycles. The normalized spacial score (nSPS) is 14.4. The lowest BCUT2D eigenvalue weighted by Crippen LogP contribution is -1.88. The van der Waals surface area contributed by atoms with Crippen LogP contribution >= 0.6 is 0 Å². The van der Waals surface area contributed by atoms with Crippen molar-refractivity contribution in [2.75, 3.05) is 0 Å². The van der Waals surface area contributed by atoms with Crippen LogP contribution < -0.4 is 0 Å². The fraction of sp³-hybridized carbons (Fsp3) is 0. The summed E-state index contributed by atoms with van der Waals surface area (Å²) in [6.07, 6.45) is 0. The Kier molecular flexibility index (Phi) is 0.718. The molecule has 0 fully saturated rings. The number of hydrogen-bond acceptors (Lipinski definition) is 3. The minimum Gasteiger partial charge on any atom is -0.475 e. The fourth-order valence-electron chi connectivity index (χ4n) is 0.291. The number of allylic oxidation sites excluding steroid dienone is 1. The van der Waals surface area contributed by atoms with E-state index < -0.39 is 5.97 Å². The Morgan fingerprint density at radius 1 is 1.88 bits per heavy atom. The molecule has 0 spiro atoms. The molecule has 1 aliphatic rings. The van der Waals surface area contributed by atoms with Crippen LogP contribution in [0.5, 0.6) is 0 Å². The van der Waals surface area contributed by atoms with Gasteiger partial charge in [-0.2, -0.15) is 5.26 Å². The van der Waals surface area contributed by atoms with Gasteiger partial charge in [-0.25, -0.2) is 4.79 Å². The van der Waals surface area contributed by atoms with Crippen molar-refractivity contribution in [2.45, 2.75) is 0 Å². The molecule has 1 N–H and O–H groups in total. The highest BCUT2D eigenvalue weighted by Crippen LogP contribution is 2.24. The SMILES string of the molecule is N#CC1=C(C(=O)O)O1. The number of carboxylic acids is 1. The zero-order valence-electron chi connectivity index (χ0n) is 3.71. The first kappa shape index (κ1) is 4.65. The monoisotopic (exact) mass is 111 g/mol. The maximum atomic E-state index is 9.80. The minimum absolute atomic E-state index is 0.0856. The van der Waals surface area contributed by atoms with Gasteiger partial charge < -0.3 is 9.84 Å². The molecule has 0 aromatic heterocycles. The van der Waals surface area contributed by atoms with Crippen LogP contribution in [-0.4, -0.2) is 11.1 Å². The summed E-state index contributed by atoms with van der Waals surface area (Å²) in [4.78, 5) is 9.80. The molecular weight excluding hydrogens is 110 g/mol. The molecule has 1 heterocycles. The zero-order valence-corrected chi connectivity index (χ0v) is 3.71. The molecular formula is C4HNO3. The molecule has 0 atom stereocenters. The average molecular weight is 111 g/mol. The molecule has 40 valence electrons. The van der Waals surface area contributed by atoms with Crippen LogP contribution in [0, 0.1) is 11.3 Å². The van der Waals surface area contributed by atoms with Gasteiger partial charge in [0.2, 0.25) is 0 Å². The van der Waals surface area contributed by atoms with Crippen molar-refractivity contribution in [1.29, 1.82) is 5.26 Å². The molecule has 8 heavy (non-hydrogen) atoms. The van der Waals surface area contributed by atoms with E-state index >= 15 is 0 Å². The van der Waals surface area contributed by atoms with E-state index in [1.807, 2.05) is 0 Å². The Morgan fingerprint density at radius 3 is 2.62 bits per heavy atom. The Morgan fingerprint density at radius 2 is 2.50 bits per heavy atom. The lowest BCUT2D eigenvalue weighted by atomic mass is 10.5. The van der Waals surface area contributed by atoms with Crippen LogP contribution in [0.4, 0.5) is 0 Å². The second kappa shape index (κ2) is 1.23. The summed E-state index contributed by atoms with van der Waals surface area (Å²) in [7, 11) is 0. The van der Waals surface area contributed by atoms with Crippen LogP contribution in [-0.2, 0) is 9.53 Å². The molecule has 0 bridgehead atoms. The highest BCUT2D eigenvalue weighted by Gasteiger charge is 2.31. The molecule has 0 aliphatic carbocycles. The summed E-state index contributed by atoms with van der Waals surface area (Å²) in [5.41, 5.74) is 0. The number of ether oxygens (including phenoxy) is 1. The van der Waals surface area contributed by atoms with Gasteiger partial charge in [-0.3, -0.25) is 0 Å². The first-order chi connectivity index (χ1) is 3.75. The van der Waals surface area contributed by atoms with E-state index in [0.29, 0.717) is 0 Å². The number of aliphatic carboxylic acids is 1. The Bertz CT molecular complexity index is 210. The summed E-state index contributed by atoms with van der Waals surface area (Å²) in [6, 6.07) is 1.55. The summed E-state index contributed by atoms with van der Waals surface area (Å²) in [5.74, 6) is -1.49. The van der Waals surface area contributed by atoms with Crippen molar-refractivity contribution < 1.29 is 14.6 Å². The molecule has 0 unspecified atom stereocenters. The van der Waals surface area contributed by atoms with Crippen LogP contribution in [0.25, 0.3) is 0 Å². The van der Waals surface area contributed by atoms with Gasteiger partial charge in [0, 0.05) is 0 Å². The van der Waals surface area contributed by atoms with Crippen LogP contribution in [0.2, 0.25) is 0 Å². The standard InChI is InChI=1S/C4HNO3/c5-1-2-3(8-2)4(6)7/h(H,6,7). The minimum atomic E-state index is -1.18. The Labute approximate surface area is 44.6 Å². The van der Waals surface area contributed by atoms with Gasteiger partial charge in [0.05, 0.1) is 0 Å². The van der Waals surface area contributed by atoms with E-state index in [1.165, 1.54) is 0 Å². The third kappa shape index (κ3) is 0.500. The summed E-state index contributed by atoms with van der Waals surface area (Å²) >= 11 is 0.